The Morgan fingerprint density at radius 1 is 0.963 bits per heavy atom. The van der Waals surface area contributed by atoms with E-state index in [0.29, 0.717) is 17.2 Å². The molecule has 4 aromatic rings. The molecule has 0 aliphatic heterocycles. The topological polar surface area (TPSA) is 77.5 Å². The molecule has 0 amide bonds. The van der Waals surface area contributed by atoms with E-state index >= 15 is 0 Å². The molecule has 0 radical (unpaired) electrons. The van der Waals surface area contributed by atoms with Crippen LogP contribution in [0.2, 0.25) is 0 Å². The van der Waals surface area contributed by atoms with Gasteiger partial charge in [-0.05, 0) is 65.8 Å². The van der Waals surface area contributed by atoms with Crippen LogP contribution in [0.1, 0.15) is 0 Å². The molecule has 1 unspecified atom stereocenters. The molecule has 7 heteroatoms. The minimum absolute atomic E-state index is 0.304. The molecule has 5 nitrogen and oxygen atoms in total. The van der Waals surface area contributed by atoms with E-state index in [2.05, 4.69) is 15.0 Å². The van der Waals surface area contributed by atoms with Crippen LogP contribution < -0.4 is 0 Å². The minimum Gasteiger partial charge on any atom is -0.612 e. The average molecular weight is 378 g/mol. The first kappa shape index (κ1) is 17.4. The molecular formula is C20H15FN4OS. The van der Waals surface area contributed by atoms with Crippen LogP contribution >= 0.6 is 0 Å². The Hall–Kier alpha value is -3.03. The van der Waals surface area contributed by atoms with Gasteiger partial charge in [0.2, 0.25) is 0 Å². The van der Waals surface area contributed by atoms with Crippen LogP contribution in [0.15, 0.2) is 72.0 Å². The lowest BCUT2D eigenvalue weighted by Crippen LogP contribution is -1.96. The summed E-state index contributed by atoms with van der Waals surface area (Å²) in [7, 11) is 0. The molecule has 1 N–H and O–H groups in total. The van der Waals surface area contributed by atoms with Gasteiger partial charge >= 0.3 is 0 Å². The molecule has 27 heavy (non-hydrogen) atoms. The molecule has 0 saturated heterocycles. The van der Waals surface area contributed by atoms with Crippen molar-refractivity contribution in [1.82, 2.24) is 19.9 Å². The third-order valence-electron chi connectivity index (χ3n) is 4.12. The van der Waals surface area contributed by atoms with Crippen molar-refractivity contribution in [2.24, 2.45) is 0 Å². The summed E-state index contributed by atoms with van der Waals surface area (Å²) in [4.78, 5) is 17.0. The summed E-state index contributed by atoms with van der Waals surface area (Å²) < 4.78 is 24.9. The van der Waals surface area contributed by atoms with Crippen LogP contribution in [-0.4, -0.2) is 30.7 Å². The van der Waals surface area contributed by atoms with Gasteiger partial charge in [-0.1, -0.05) is 0 Å². The molecule has 2 aromatic heterocycles. The predicted octanol–water partition coefficient (Wildman–Crippen LogP) is 4.08. The predicted molar refractivity (Wildman–Crippen MR) is 103 cm³/mol. The summed E-state index contributed by atoms with van der Waals surface area (Å²) in [5.74, 6) is 0.345. The molecule has 4 rings (SSSR count). The van der Waals surface area contributed by atoms with E-state index in [-0.39, 0.29) is 5.82 Å². The lowest BCUT2D eigenvalue weighted by Gasteiger charge is -2.04. The molecular weight excluding hydrogens is 363 g/mol. The Balaban J connectivity index is 1.83. The van der Waals surface area contributed by atoms with Crippen molar-refractivity contribution in [2.45, 2.75) is 4.90 Å². The number of imidazole rings is 1. The molecule has 1 atom stereocenters. The first-order valence-corrected chi connectivity index (χ1v) is 9.74. The molecule has 134 valence electrons. The van der Waals surface area contributed by atoms with Gasteiger partial charge in [-0.15, -0.1) is 0 Å². The Morgan fingerprint density at radius 2 is 1.67 bits per heavy atom. The number of aromatic nitrogens is 4. The Morgan fingerprint density at radius 3 is 2.30 bits per heavy atom. The van der Waals surface area contributed by atoms with Gasteiger partial charge < -0.3 is 9.54 Å². The van der Waals surface area contributed by atoms with Crippen molar-refractivity contribution in [2.75, 3.05) is 6.26 Å². The maximum absolute atomic E-state index is 13.3. The lowest BCUT2D eigenvalue weighted by molar-refractivity contribution is 0.601. The van der Waals surface area contributed by atoms with Crippen molar-refractivity contribution in [1.29, 1.82) is 0 Å². The summed E-state index contributed by atoms with van der Waals surface area (Å²) >= 11 is -1.04. The molecule has 2 aromatic carbocycles. The zero-order chi connectivity index (χ0) is 18.8. The average Bonchev–Trinajstić information content (AvgIpc) is 3.15. The molecule has 0 fully saturated rings. The van der Waals surface area contributed by atoms with Gasteiger partial charge in [-0.25, -0.2) is 19.3 Å². The van der Waals surface area contributed by atoms with Gasteiger partial charge in [0.05, 0.1) is 17.1 Å². The van der Waals surface area contributed by atoms with Crippen LogP contribution in [0.4, 0.5) is 4.39 Å². The van der Waals surface area contributed by atoms with E-state index in [1.165, 1.54) is 18.5 Å². The Labute approximate surface area is 158 Å². The third-order valence-corrected chi connectivity index (χ3v) is 5.06. The molecule has 2 heterocycles. The lowest BCUT2D eigenvalue weighted by atomic mass is 10.1. The summed E-state index contributed by atoms with van der Waals surface area (Å²) in [6.07, 6.45) is 4.76. The summed E-state index contributed by atoms with van der Waals surface area (Å²) in [6, 6.07) is 15.3. The van der Waals surface area contributed by atoms with Crippen LogP contribution in [0.5, 0.6) is 0 Å². The van der Waals surface area contributed by atoms with E-state index in [1.54, 1.807) is 30.7 Å². The second-order valence-corrected chi connectivity index (χ2v) is 7.27. The number of benzene rings is 2. The van der Waals surface area contributed by atoms with Gasteiger partial charge in [-0.3, -0.25) is 0 Å². The van der Waals surface area contributed by atoms with Crippen molar-refractivity contribution in [3.63, 3.8) is 0 Å². The fourth-order valence-electron chi connectivity index (χ4n) is 2.75. The van der Waals surface area contributed by atoms with Crippen molar-refractivity contribution < 1.29 is 8.94 Å². The second kappa shape index (κ2) is 7.30. The molecule has 0 aliphatic carbocycles. The minimum atomic E-state index is -1.04. The summed E-state index contributed by atoms with van der Waals surface area (Å²) in [6.45, 7) is 0. The quantitative estimate of drug-likeness (QED) is 0.543. The Kier molecular flexibility index (Phi) is 4.70. The summed E-state index contributed by atoms with van der Waals surface area (Å²) in [5.41, 5.74) is 3.72. The zero-order valence-electron chi connectivity index (χ0n) is 14.4. The number of H-pyrrole nitrogens is 1. The fraction of sp³-hybridized carbons (Fsp3) is 0.0500. The van der Waals surface area contributed by atoms with Crippen molar-refractivity contribution in [3.05, 3.63) is 72.9 Å². The standard InChI is InChI=1S/C20H15FN4OS/c1-27(26)16-8-4-14(5-9-16)20-24-18(13-2-6-15(21)7-3-13)19(25-20)17-10-11-22-12-23-17/h2-12H,1H3,(H,24,25). The first-order valence-electron chi connectivity index (χ1n) is 8.18. The molecule has 0 saturated carbocycles. The van der Waals surface area contributed by atoms with Gasteiger partial charge in [0.25, 0.3) is 0 Å². The van der Waals surface area contributed by atoms with Crippen LogP contribution in [0.25, 0.3) is 34.0 Å². The Bertz CT molecular complexity index is 1050. The van der Waals surface area contributed by atoms with Crippen molar-refractivity contribution in [3.8, 4) is 34.0 Å². The highest BCUT2D eigenvalue weighted by atomic mass is 32.2. The number of hydrogen-bond donors (Lipinski definition) is 1. The van der Waals surface area contributed by atoms with E-state index in [9.17, 15) is 8.94 Å². The van der Waals surface area contributed by atoms with E-state index in [4.69, 9.17) is 4.98 Å². The normalized spacial score (nSPS) is 12.1. The number of rotatable bonds is 4. The largest absolute Gasteiger partial charge is 0.612 e. The second-order valence-electron chi connectivity index (χ2n) is 5.89. The van der Waals surface area contributed by atoms with Crippen molar-refractivity contribution >= 4 is 11.2 Å². The van der Waals surface area contributed by atoms with Gasteiger partial charge in [0, 0.05) is 17.3 Å². The van der Waals surface area contributed by atoms with E-state index < -0.39 is 11.2 Å². The van der Waals surface area contributed by atoms with Gasteiger partial charge in [-0.2, -0.15) is 0 Å². The van der Waals surface area contributed by atoms with E-state index in [0.717, 1.165) is 21.7 Å². The smallest absolute Gasteiger partial charge is 0.152 e. The fourth-order valence-corrected chi connectivity index (χ4v) is 3.27. The van der Waals surface area contributed by atoms with Crippen LogP contribution in [0, 0.1) is 5.82 Å². The molecule has 0 bridgehead atoms. The highest BCUT2D eigenvalue weighted by molar-refractivity contribution is 7.90. The number of aromatic amines is 1. The number of hydrogen-bond acceptors (Lipinski definition) is 4. The van der Waals surface area contributed by atoms with Gasteiger partial charge in [0.15, 0.2) is 4.90 Å². The van der Waals surface area contributed by atoms with E-state index in [1.807, 2.05) is 24.3 Å². The van der Waals surface area contributed by atoms with Crippen LogP contribution in [0.3, 0.4) is 0 Å². The van der Waals surface area contributed by atoms with Gasteiger partial charge in [0.1, 0.15) is 24.2 Å². The third kappa shape index (κ3) is 3.60. The highest BCUT2D eigenvalue weighted by Crippen LogP contribution is 2.32. The monoisotopic (exact) mass is 378 g/mol. The number of nitrogens with one attached hydrogen (secondary N) is 1. The number of nitrogens with zero attached hydrogens (tertiary/aromatic N) is 3. The number of halogens is 1. The SMILES string of the molecule is C[S+]([O-])c1ccc(-c2nc(-c3ccc(F)cc3)c(-c3ccncn3)[nH]2)cc1. The summed E-state index contributed by atoms with van der Waals surface area (Å²) in [5, 5.41) is 0. The van der Waals surface area contributed by atoms with Crippen LogP contribution in [-0.2, 0) is 11.2 Å². The molecule has 0 spiro atoms. The first-order chi connectivity index (χ1) is 13.1. The molecule has 0 aliphatic rings. The zero-order valence-corrected chi connectivity index (χ0v) is 15.2. The maximum atomic E-state index is 13.3. The highest BCUT2D eigenvalue weighted by Gasteiger charge is 2.16. The maximum Gasteiger partial charge on any atom is 0.152 e.